The van der Waals surface area contributed by atoms with Gasteiger partial charge in [0.1, 0.15) is 10.6 Å². The van der Waals surface area contributed by atoms with Crippen LogP contribution in [0.25, 0.3) is 10.1 Å². The predicted octanol–water partition coefficient (Wildman–Crippen LogP) is 5.31. The first-order chi connectivity index (χ1) is 16.9. The molecule has 10 heteroatoms. The summed E-state index contributed by atoms with van der Waals surface area (Å²) in [6.45, 7) is -0.267. The molecule has 0 aliphatic heterocycles. The summed E-state index contributed by atoms with van der Waals surface area (Å²) in [6.07, 6.45) is 1.42. The Morgan fingerprint density at radius 2 is 1.66 bits per heavy atom. The molecule has 2 amide bonds. The second-order valence-corrected chi connectivity index (χ2v) is 8.99. The summed E-state index contributed by atoms with van der Waals surface area (Å²) in [4.78, 5) is 36.9. The maximum Gasteiger partial charge on any atom is 0.355 e. The lowest BCUT2D eigenvalue weighted by Crippen LogP contribution is -2.35. The molecule has 0 atom stereocenters. The average molecular weight is 526 g/mol. The lowest BCUT2D eigenvalue weighted by Gasteiger charge is -2.05. The van der Waals surface area contributed by atoms with Gasteiger partial charge in [0.05, 0.1) is 28.4 Å². The highest BCUT2D eigenvalue weighted by Crippen LogP contribution is 2.35. The minimum absolute atomic E-state index is 0.267. The molecule has 0 aliphatic rings. The number of thiophene rings is 1. The number of amides is 2. The van der Waals surface area contributed by atoms with Gasteiger partial charge in [0.2, 0.25) is 0 Å². The quantitative estimate of drug-likeness (QED) is 0.148. The molecule has 0 radical (unpaired) electrons. The molecule has 0 aliphatic carbocycles. The van der Waals surface area contributed by atoms with Gasteiger partial charge in [-0.25, -0.2) is 10.2 Å². The first kappa shape index (κ1) is 24.4. The van der Waals surface area contributed by atoms with E-state index in [1.807, 2.05) is 24.3 Å². The molecular formula is C25H17Cl2N3O4S. The third kappa shape index (κ3) is 6.05. The van der Waals surface area contributed by atoms with Gasteiger partial charge >= 0.3 is 5.97 Å². The second-order valence-electron chi connectivity index (χ2n) is 7.16. The zero-order chi connectivity index (χ0) is 24.8. The average Bonchev–Trinajstić information content (AvgIpc) is 3.20. The van der Waals surface area contributed by atoms with Crippen molar-refractivity contribution in [1.82, 2.24) is 10.7 Å². The fourth-order valence-corrected chi connectivity index (χ4v) is 4.65. The van der Waals surface area contributed by atoms with Gasteiger partial charge in [-0.05, 0) is 48.0 Å². The third-order valence-corrected chi connectivity index (χ3v) is 6.73. The fraction of sp³-hybridized carbons (Fsp3) is 0.0400. The molecule has 0 saturated heterocycles. The molecule has 0 unspecified atom stereocenters. The fourth-order valence-electron chi connectivity index (χ4n) is 3.04. The van der Waals surface area contributed by atoms with Gasteiger partial charge < -0.3 is 10.1 Å². The Labute approximate surface area is 214 Å². The molecule has 176 valence electrons. The van der Waals surface area contributed by atoms with Crippen LogP contribution < -0.4 is 15.5 Å². The van der Waals surface area contributed by atoms with Crippen LogP contribution in [0.5, 0.6) is 5.75 Å². The van der Waals surface area contributed by atoms with Crippen molar-refractivity contribution in [2.24, 2.45) is 5.10 Å². The number of halogens is 2. The van der Waals surface area contributed by atoms with Gasteiger partial charge in [0.15, 0.2) is 0 Å². The number of hydrogen-bond donors (Lipinski definition) is 2. The van der Waals surface area contributed by atoms with Crippen molar-refractivity contribution < 1.29 is 19.1 Å². The van der Waals surface area contributed by atoms with Crippen LogP contribution >= 0.6 is 34.5 Å². The number of rotatable bonds is 7. The second kappa shape index (κ2) is 11.1. The highest BCUT2D eigenvalue weighted by atomic mass is 35.5. The molecule has 0 fully saturated rings. The summed E-state index contributed by atoms with van der Waals surface area (Å²) in [6, 6.07) is 20.6. The van der Waals surface area contributed by atoms with Gasteiger partial charge in [-0.2, -0.15) is 5.10 Å². The minimum Gasteiger partial charge on any atom is -0.422 e. The van der Waals surface area contributed by atoms with Crippen LogP contribution in [-0.2, 0) is 4.79 Å². The number of esters is 1. The van der Waals surface area contributed by atoms with Crippen molar-refractivity contribution in [3.63, 3.8) is 0 Å². The molecule has 3 aromatic carbocycles. The summed E-state index contributed by atoms with van der Waals surface area (Å²) in [7, 11) is 0. The van der Waals surface area contributed by atoms with E-state index < -0.39 is 17.8 Å². The molecule has 4 rings (SSSR count). The summed E-state index contributed by atoms with van der Waals surface area (Å²) >= 11 is 13.6. The highest BCUT2D eigenvalue weighted by Gasteiger charge is 2.19. The molecule has 1 aromatic heterocycles. The number of nitrogens with zero attached hydrogens (tertiary/aromatic N) is 1. The largest absolute Gasteiger partial charge is 0.422 e. The Morgan fingerprint density at radius 1 is 0.943 bits per heavy atom. The molecule has 35 heavy (non-hydrogen) atoms. The van der Waals surface area contributed by atoms with E-state index in [-0.39, 0.29) is 12.1 Å². The molecule has 0 spiro atoms. The van der Waals surface area contributed by atoms with Crippen LogP contribution in [-0.4, -0.2) is 30.5 Å². The molecule has 1 heterocycles. The molecule has 0 bridgehead atoms. The van der Waals surface area contributed by atoms with E-state index in [1.165, 1.54) is 17.6 Å². The SMILES string of the molecule is O=C(CNC(=O)c1ccccc1Cl)NN=Cc1ccc(OC(=O)c2sc3ccccc3c2Cl)cc1. The van der Waals surface area contributed by atoms with Crippen LogP contribution in [0.1, 0.15) is 25.6 Å². The van der Waals surface area contributed by atoms with Crippen molar-refractivity contribution in [3.05, 3.63) is 98.8 Å². The smallest absolute Gasteiger partial charge is 0.355 e. The standard InChI is InChI=1S/C25H17Cl2N3O4S/c26-19-7-3-1-5-17(19)24(32)28-14-21(31)30-29-13-15-9-11-16(12-10-15)34-25(33)23-22(27)18-6-2-4-8-20(18)35-23/h1-13H,14H2,(H,28,32)(H,30,31). The van der Waals surface area contributed by atoms with Gasteiger partial charge in [-0.3, -0.25) is 9.59 Å². The first-order valence-electron chi connectivity index (χ1n) is 10.3. The highest BCUT2D eigenvalue weighted by molar-refractivity contribution is 7.21. The summed E-state index contributed by atoms with van der Waals surface area (Å²) < 4.78 is 6.34. The minimum atomic E-state index is -0.538. The van der Waals surface area contributed by atoms with Crippen molar-refractivity contribution in [2.75, 3.05) is 6.54 Å². The lowest BCUT2D eigenvalue weighted by atomic mass is 10.2. The number of carbonyl (C=O) groups excluding carboxylic acids is 3. The number of benzene rings is 3. The maximum absolute atomic E-state index is 12.5. The van der Waals surface area contributed by atoms with Gasteiger partial charge in [-0.1, -0.05) is 53.5 Å². The number of hydrazone groups is 1. The van der Waals surface area contributed by atoms with Crippen LogP contribution in [0.15, 0.2) is 77.9 Å². The van der Waals surface area contributed by atoms with E-state index in [0.29, 0.717) is 26.2 Å². The number of carbonyl (C=O) groups is 3. The Balaban J connectivity index is 1.27. The number of fused-ring (bicyclic) bond motifs is 1. The zero-order valence-electron chi connectivity index (χ0n) is 18.0. The number of ether oxygens (including phenoxy) is 1. The molecule has 7 nitrogen and oxygen atoms in total. The van der Waals surface area contributed by atoms with E-state index in [4.69, 9.17) is 27.9 Å². The van der Waals surface area contributed by atoms with Crippen LogP contribution in [0.2, 0.25) is 10.0 Å². The Hall–Kier alpha value is -3.72. The van der Waals surface area contributed by atoms with Crippen molar-refractivity contribution in [2.45, 2.75) is 0 Å². The molecular weight excluding hydrogens is 509 g/mol. The van der Waals surface area contributed by atoms with Crippen LogP contribution in [0.3, 0.4) is 0 Å². The zero-order valence-corrected chi connectivity index (χ0v) is 20.3. The summed E-state index contributed by atoms with van der Waals surface area (Å²) in [5, 5.41) is 7.81. The first-order valence-corrected chi connectivity index (χ1v) is 11.8. The van der Waals surface area contributed by atoms with Crippen LogP contribution in [0.4, 0.5) is 0 Å². The van der Waals surface area contributed by atoms with Crippen molar-refractivity contribution >= 4 is 68.6 Å². The molecule has 4 aromatic rings. The van der Waals surface area contributed by atoms with E-state index >= 15 is 0 Å². The Kier molecular flexibility index (Phi) is 7.77. The predicted molar refractivity (Wildman–Crippen MR) is 138 cm³/mol. The Morgan fingerprint density at radius 3 is 2.40 bits per heavy atom. The Bertz CT molecular complexity index is 1430. The monoisotopic (exact) mass is 525 g/mol. The van der Waals surface area contributed by atoms with Crippen molar-refractivity contribution in [3.8, 4) is 5.75 Å². The van der Waals surface area contributed by atoms with Gasteiger partial charge in [0.25, 0.3) is 11.8 Å². The van der Waals surface area contributed by atoms with Gasteiger partial charge in [0, 0.05) is 10.1 Å². The number of nitrogens with one attached hydrogen (secondary N) is 2. The third-order valence-electron chi connectivity index (χ3n) is 4.74. The van der Waals surface area contributed by atoms with E-state index in [1.54, 1.807) is 48.5 Å². The van der Waals surface area contributed by atoms with Gasteiger partial charge in [-0.15, -0.1) is 11.3 Å². The summed E-state index contributed by atoms with van der Waals surface area (Å²) in [5.41, 5.74) is 3.26. The molecule has 0 saturated carbocycles. The van der Waals surface area contributed by atoms with E-state index in [2.05, 4.69) is 15.8 Å². The summed E-state index contributed by atoms with van der Waals surface area (Å²) in [5.74, 6) is -1.17. The maximum atomic E-state index is 12.5. The van der Waals surface area contributed by atoms with E-state index in [0.717, 1.165) is 10.1 Å². The number of hydrogen-bond acceptors (Lipinski definition) is 6. The topological polar surface area (TPSA) is 96.9 Å². The lowest BCUT2D eigenvalue weighted by molar-refractivity contribution is -0.120. The van der Waals surface area contributed by atoms with Crippen LogP contribution in [0, 0.1) is 0 Å². The van der Waals surface area contributed by atoms with Crippen molar-refractivity contribution in [1.29, 1.82) is 0 Å². The normalized spacial score (nSPS) is 10.9. The van der Waals surface area contributed by atoms with E-state index in [9.17, 15) is 14.4 Å². The molecule has 2 N–H and O–H groups in total.